The number of fused-ring (bicyclic) bond motifs is 1. The normalized spacial score (nSPS) is 16.7. The Hall–Kier alpha value is -6.22. The van der Waals surface area contributed by atoms with Gasteiger partial charge in [-0.3, -0.25) is 0 Å². The van der Waals surface area contributed by atoms with Crippen molar-refractivity contribution in [2.45, 2.75) is 291 Å². The first-order valence-electron chi connectivity index (χ1n) is 33.6. The van der Waals surface area contributed by atoms with Crippen molar-refractivity contribution in [3.8, 4) is 0 Å². The van der Waals surface area contributed by atoms with Crippen LogP contribution in [0.5, 0.6) is 0 Å². The number of hydrogen-bond acceptors (Lipinski definition) is 0. The van der Waals surface area contributed by atoms with E-state index in [9.17, 15) is 184 Å². The molecule has 2 aromatic rings. The van der Waals surface area contributed by atoms with Crippen LogP contribution in [0, 0.1) is 5.92 Å². The van der Waals surface area contributed by atoms with E-state index in [2.05, 4.69) is 0 Å². The van der Waals surface area contributed by atoms with Crippen molar-refractivity contribution in [3.63, 3.8) is 0 Å². The molecule has 3 rings (SSSR count). The van der Waals surface area contributed by atoms with E-state index >= 15 is 26.3 Å². The lowest BCUT2D eigenvalue weighted by atomic mass is 9.90. The quantitative estimate of drug-likeness (QED) is 0.0457. The van der Waals surface area contributed by atoms with Crippen LogP contribution in [0.3, 0.4) is 0 Å². The molecular weight excluding hydrogens is 1750 g/mol. The maximum absolute atomic E-state index is 15.2. The van der Waals surface area contributed by atoms with Crippen LogP contribution in [0.25, 0.3) is 12.2 Å². The minimum Gasteiger partial charge on any atom is -0.207 e. The van der Waals surface area contributed by atoms with E-state index in [1.807, 2.05) is 0 Å². The fraction of sp³-hybridized carbons (Fsp3) is 0.686. The summed E-state index contributed by atoms with van der Waals surface area (Å²) in [5.74, 6) is -140. The van der Waals surface area contributed by atoms with Gasteiger partial charge in [0.25, 0.3) is 101 Å². The SMILES string of the molecule is CCC(F)(F)CC(F)(F)C1C=c2ccc(C(F)(F)CC(F)(F)C(F)(F)C(F)(F)CC(F)(F)Cc3cccc(CC(F)(F)CC(F)(F)CC(F)(F)CC(F)(F)CC(F)(F)CC(F)(F)/C=C/C=C\CC(F)(F)CC(F)(F)CC(F)(F)CC(F)(F)CC(F)(F)C(F)(F)C(F)(F)C(F)(F)CC/C=C\C=C\CC(F)(F)CC(F)(F)CC(C)(F)F)c3)cc2=C1. The summed E-state index contributed by atoms with van der Waals surface area (Å²) in [4.78, 5) is 0. The Balaban J connectivity index is 1.58. The molecule has 0 N–H and O–H groups in total. The molecule has 0 saturated heterocycles. The lowest BCUT2D eigenvalue weighted by molar-refractivity contribution is -0.374. The van der Waals surface area contributed by atoms with E-state index in [1.54, 1.807) is 0 Å². The second kappa shape index (κ2) is 35.6. The molecule has 0 spiro atoms. The summed E-state index contributed by atoms with van der Waals surface area (Å²) in [5, 5.41) is -1.08. The maximum atomic E-state index is 15.2. The number of alkyl halides is 48. The second-order valence-corrected chi connectivity index (χ2v) is 29.3. The summed E-state index contributed by atoms with van der Waals surface area (Å²) in [5.41, 5.74) is -4.10. The molecule has 0 aromatic heterocycles. The molecule has 118 heavy (non-hydrogen) atoms. The lowest BCUT2D eigenvalue weighted by Crippen LogP contribution is -2.63. The molecule has 1 aliphatic rings. The topological polar surface area (TPSA) is 0 Å². The highest BCUT2D eigenvalue weighted by atomic mass is 19.4. The van der Waals surface area contributed by atoms with Crippen molar-refractivity contribution in [2.24, 2.45) is 5.92 Å². The van der Waals surface area contributed by atoms with Gasteiger partial charge in [0.1, 0.15) is 0 Å². The third-order valence-corrected chi connectivity index (χ3v) is 16.9. The van der Waals surface area contributed by atoms with Crippen molar-refractivity contribution in [1.82, 2.24) is 0 Å². The maximum Gasteiger partial charge on any atom is 0.378 e. The van der Waals surface area contributed by atoms with E-state index in [-0.39, 0.29) is 55.5 Å². The number of rotatable bonds is 50. The average molecular weight is 1820 g/mol. The molecule has 0 amide bonds. The summed E-state index contributed by atoms with van der Waals surface area (Å²) in [6, 6.07) is 2.16. The number of hydrogen-bond donors (Lipinski definition) is 0. The van der Waals surface area contributed by atoms with Gasteiger partial charge in [0.2, 0.25) is 0 Å². The summed E-state index contributed by atoms with van der Waals surface area (Å²) in [6.45, 7) is 0.805. The zero-order valence-corrected chi connectivity index (χ0v) is 59.9. The van der Waals surface area contributed by atoms with Gasteiger partial charge in [0.05, 0.1) is 95.8 Å². The Morgan fingerprint density at radius 3 is 1.07 bits per heavy atom. The van der Waals surface area contributed by atoms with Crippen molar-refractivity contribution in [3.05, 3.63) is 118 Å². The van der Waals surface area contributed by atoms with Gasteiger partial charge in [-0.2, -0.15) is 61.5 Å². The first-order chi connectivity index (χ1) is 52.0. The molecule has 0 fully saturated rings. The monoisotopic (exact) mass is 1820 g/mol. The molecule has 0 aliphatic heterocycles. The molecule has 0 nitrogen and oxygen atoms in total. The first kappa shape index (κ1) is 106. The van der Waals surface area contributed by atoms with Crippen LogP contribution >= 0.6 is 0 Å². The molecule has 0 radical (unpaired) electrons. The van der Waals surface area contributed by atoms with Gasteiger partial charge in [-0.05, 0) is 47.1 Å². The van der Waals surface area contributed by atoms with Gasteiger partial charge in [-0.15, -0.1) is 0 Å². The fourth-order valence-corrected chi connectivity index (χ4v) is 12.0. The van der Waals surface area contributed by atoms with Gasteiger partial charge in [-0.1, -0.05) is 98.0 Å². The third-order valence-electron chi connectivity index (χ3n) is 16.9. The lowest BCUT2D eigenvalue weighted by Gasteiger charge is -2.38. The molecule has 2 aromatic carbocycles. The summed E-state index contributed by atoms with van der Waals surface area (Å²) < 4.78 is 694. The van der Waals surface area contributed by atoms with Crippen molar-refractivity contribution < 1.29 is 211 Å². The van der Waals surface area contributed by atoms with Crippen LogP contribution in [-0.4, -0.2) is 136 Å². The predicted molar refractivity (Wildman–Crippen MR) is 325 cm³/mol. The third kappa shape index (κ3) is 32.2. The highest BCUT2D eigenvalue weighted by molar-refractivity contribution is 5.53. The summed E-state index contributed by atoms with van der Waals surface area (Å²) in [6.07, 6.45) is -58.8. The van der Waals surface area contributed by atoms with Crippen LogP contribution in [0.2, 0.25) is 0 Å². The minimum atomic E-state index is -7.69. The van der Waals surface area contributed by atoms with Crippen molar-refractivity contribution in [2.75, 3.05) is 0 Å². The zero-order chi connectivity index (χ0) is 92.3. The molecule has 48 heteroatoms. The fourth-order valence-electron chi connectivity index (χ4n) is 12.0. The molecule has 0 heterocycles. The number of benzene rings is 2. The van der Waals surface area contributed by atoms with Gasteiger partial charge >= 0.3 is 41.5 Å². The van der Waals surface area contributed by atoms with E-state index in [0.717, 1.165) is 6.92 Å². The molecular formula is C70H66F48. The molecule has 0 bridgehead atoms. The number of halogens is 48. The van der Waals surface area contributed by atoms with Crippen LogP contribution < -0.4 is 10.4 Å². The molecule has 0 saturated carbocycles. The Kier molecular flexibility index (Phi) is 31.9. The van der Waals surface area contributed by atoms with Crippen LogP contribution in [0.15, 0.2) is 91.1 Å². The highest BCUT2D eigenvalue weighted by Gasteiger charge is 2.81. The van der Waals surface area contributed by atoms with Gasteiger partial charge < -0.3 is 0 Å². The molecule has 682 valence electrons. The van der Waals surface area contributed by atoms with E-state index in [4.69, 9.17) is 0 Å². The molecule has 1 unspecified atom stereocenters. The highest BCUT2D eigenvalue weighted by Crippen LogP contribution is 2.59. The summed E-state index contributed by atoms with van der Waals surface area (Å²) >= 11 is 0. The summed E-state index contributed by atoms with van der Waals surface area (Å²) in [7, 11) is 0. The van der Waals surface area contributed by atoms with E-state index in [0.29, 0.717) is 48.6 Å². The van der Waals surface area contributed by atoms with E-state index < -0.39 is 316 Å². The smallest absolute Gasteiger partial charge is 0.207 e. The zero-order valence-electron chi connectivity index (χ0n) is 59.9. The Morgan fingerprint density at radius 1 is 0.297 bits per heavy atom. The van der Waals surface area contributed by atoms with E-state index in [1.165, 1.54) is 0 Å². The molecule has 1 atom stereocenters. The van der Waals surface area contributed by atoms with Crippen LogP contribution in [0.1, 0.15) is 153 Å². The average Bonchev–Trinajstić information content (AvgIpc) is 0.807. The van der Waals surface area contributed by atoms with Crippen molar-refractivity contribution >= 4 is 12.2 Å². The van der Waals surface area contributed by atoms with Gasteiger partial charge in [-0.25, -0.2) is 149 Å². The van der Waals surface area contributed by atoms with Gasteiger partial charge in [0.15, 0.2) is 0 Å². The minimum absolute atomic E-state index is 0.0326. The Labute approximate surface area is 636 Å². The standard InChI is InChI=1S/C70H66F48/c1-3-48(73,74)37-62(101,102)46-22-43-15-16-45(23-44(43)24-46)63(103,104)40-67(111,112)68(113,114)65(107,108)38-53(83,84)26-42-14-12-13-41(21-42)25-52(81,82)31-57(91,92)34-59(95,96)35-58(93,94)32-55(87,88)29-50(77,78)18-9-7-10-19-51(79,80)30-56(89,90)33-60(97,98)36-61(99,100)39-66(109,110)70(117,118)69(115,116)64(105,106)20-11-6-4-5-8-17-49(75,76)28-54(85,86)27-47(2,71)72/h4-10,12-16,18,21-24,46H,3,11,17,19-20,25-40H2,1-2H3/b6-4-,8-5+,10-7-,18-9+. The largest absolute Gasteiger partial charge is 0.378 e. The Bertz CT molecular complexity index is 3860. The molecule has 1 aliphatic carbocycles. The Morgan fingerprint density at radius 2 is 0.636 bits per heavy atom. The predicted octanol–water partition coefficient (Wildman–Crippen LogP) is 28.0. The van der Waals surface area contributed by atoms with Crippen LogP contribution in [-0.2, 0) is 18.8 Å². The van der Waals surface area contributed by atoms with Crippen LogP contribution in [0.4, 0.5) is 211 Å². The first-order valence-corrected chi connectivity index (χ1v) is 33.6. The second-order valence-electron chi connectivity index (χ2n) is 29.3. The van der Waals surface area contributed by atoms with Gasteiger partial charge in [0, 0.05) is 44.1 Å². The van der Waals surface area contributed by atoms with Crippen molar-refractivity contribution in [1.29, 1.82) is 0 Å². The number of allylic oxidation sites excluding steroid dienone is 8.